The molecule has 3 aliphatic heterocycles. The molecule has 7 rings (SSSR count). The zero-order valence-corrected chi connectivity index (χ0v) is 20.7. The van der Waals surface area contributed by atoms with Gasteiger partial charge in [-0.25, -0.2) is 4.21 Å². The predicted octanol–water partition coefficient (Wildman–Crippen LogP) is 5.77. The van der Waals surface area contributed by atoms with Gasteiger partial charge in [-0.1, -0.05) is 24.3 Å². The molecule has 0 amide bonds. The molecule has 0 saturated carbocycles. The molecular formula is C28H24N4O3S. The lowest BCUT2D eigenvalue weighted by Crippen LogP contribution is -2.26. The monoisotopic (exact) mass is 496 g/mol. The number of furan rings is 1. The summed E-state index contributed by atoms with van der Waals surface area (Å²) < 4.78 is 25.0. The Kier molecular flexibility index (Phi) is 4.65. The van der Waals surface area contributed by atoms with Crippen LogP contribution in [-0.2, 0) is 10.8 Å². The predicted molar refractivity (Wildman–Crippen MR) is 142 cm³/mol. The Labute approximate surface area is 211 Å². The van der Waals surface area contributed by atoms with Gasteiger partial charge in [0, 0.05) is 37.6 Å². The lowest BCUT2D eigenvalue weighted by molar-refractivity contribution is 0.476. The average molecular weight is 497 g/mol. The largest absolute Gasteiger partial charge is 0.461 e. The minimum absolute atomic E-state index is 0.595. The highest BCUT2D eigenvalue weighted by Gasteiger charge is 2.42. The quantitative estimate of drug-likeness (QED) is 0.355. The van der Waals surface area contributed by atoms with Gasteiger partial charge < -0.3 is 28.8 Å². The molecule has 0 spiro atoms. The van der Waals surface area contributed by atoms with E-state index in [0.717, 1.165) is 45.2 Å². The van der Waals surface area contributed by atoms with Crippen LogP contribution in [0.4, 0.5) is 22.7 Å². The van der Waals surface area contributed by atoms with E-state index >= 15 is 0 Å². The van der Waals surface area contributed by atoms with E-state index in [-0.39, 0.29) is 0 Å². The molecule has 3 aliphatic rings. The Morgan fingerprint density at radius 3 is 2.19 bits per heavy atom. The highest BCUT2D eigenvalue weighted by Crippen LogP contribution is 2.46. The average Bonchev–Trinajstić information content (AvgIpc) is 3.64. The van der Waals surface area contributed by atoms with Crippen molar-refractivity contribution in [3.05, 3.63) is 95.9 Å². The standard InChI is InChI=1S/C28H24N4O3S/c1-29-17-31(24-12-4-3-11-23(24)29)19-7-5-9-21(15-19)35-22-10-6-8-20(16-22)32-18-30(2)28-26(32)27-25(36(28)33)13-14-34-27/h3-16H,17-18H2,1-2H3. The lowest BCUT2D eigenvalue weighted by Gasteiger charge is -2.23. The van der Waals surface area contributed by atoms with Gasteiger partial charge in [0.25, 0.3) is 0 Å². The molecule has 180 valence electrons. The first-order chi connectivity index (χ1) is 17.6. The molecule has 0 bridgehead atoms. The molecule has 0 N–H and O–H groups in total. The second kappa shape index (κ2) is 7.93. The number of anilines is 4. The Morgan fingerprint density at radius 2 is 1.44 bits per heavy atom. The van der Waals surface area contributed by atoms with Crippen LogP contribution in [-0.4, -0.2) is 36.5 Å². The van der Waals surface area contributed by atoms with Crippen molar-refractivity contribution in [2.75, 3.05) is 42.1 Å². The first kappa shape index (κ1) is 21.1. The van der Waals surface area contributed by atoms with Crippen molar-refractivity contribution < 1.29 is 13.4 Å². The van der Waals surface area contributed by atoms with Crippen molar-refractivity contribution in [3.63, 3.8) is 0 Å². The van der Waals surface area contributed by atoms with Crippen molar-refractivity contribution in [1.82, 2.24) is 4.90 Å². The number of hydrogen-bond acceptors (Lipinski definition) is 7. The summed E-state index contributed by atoms with van der Waals surface area (Å²) in [7, 11) is 2.84. The van der Waals surface area contributed by atoms with E-state index in [0.29, 0.717) is 12.4 Å². The summed E-state index contributed by atoms with van der Waals surface area (Å²) >= 11 is 0. The maximum absolute atomic E-state index is 13.0. The third-order valence-electron chi connectivity index (χ3n) is 6.82. The van der Waals surface area contributed by atoms with E-state index < -0.39 is 10.8 Å². The van der Waals surface area contributed by atoms with Gasteiger partial charge in [0.2, 0.25) is 0 Å². The van der Waals surface area contributed by atoms with Gasteiger partial charge in [-0.15, -0.1) is 0 Å². The van der Waals surface area contributed by atoms with Crippen molar-refractivity contribution in [3.8, 4) is 11.5 Å². The molecule has 0 saturated heterocycles. The maximum atomic E-state index is 13.0. The molecule has 4 heterocycles. The molecule has 0 fully saturated rings. The van der Waals surface area contributed by atoms with Gasteiger partial charge in [0.15, 0.2) is 5.76 Å². The topological polar surface area (TPSA) is 52.4 Å². The van der Waals surface area contributed by atoms with E-state index in [1.807, 2.05) is 48.3 Å². The first-order valence-corrected chi connectivity index (χ1v) is 12.9. The highest BCUT2D eigenvalue weighted by molar-refractivity contribution is 7.89. The molecule has 1 unspecified atom stereocenters. The van der Waals surface area contributed by atoms with Gasteiger partial charge in [0.1, 0.15) is 33.0 Å². The lowest BCUT2D eigenvalue weighted by atomic mass is 10.2. The zero-order valence-electron chi connectivity index (χ0n) is 19.9. The second-order valence-corrected chi connectivity index (χ2v) is 10.5. The highest BCUT2D eigenvalue weighted by atomic mass is 32.2. The molecule has 0 aliphatic carbocycles. The minimum Gasteiger partial charge on any atom is -0.461 e. The summed E-state index contributed by atoms with van der Waals surface area (Å²) in [6, 6.07) is 26.4. The molecule has 3 aromatic carbocycles. The van der Waals surface area contributed by atoms with Crippen LogP contribution in [0.2, 0.25) is 0 Å². The van der Waals surface area contributed by atoms with Crippen LogP contribution in [0, 0.1) is 0 Å². The number of para-hydroxylation sites is 2. The smallest absolute Gasteiger partial charge is 0.169 e. The maximum Gasteiger partial charge on any atom is 0.169 e. The van der Waals surface area contributed by atoms with Crippen LogP contribution in [0.1, 0.15) is 5.76 Å². The van der Waals surface area contributed by atoms with Crippen LogP contribution >= 0.6 is 0 Å². The van der Waals surface area contributed by atoms with Crippen molar-refractivity contribution in [2.24, 2.45) is 0 Å². The second-order valence-electron chi connectivity index (χ2n) is 9.16. The van der Waals surface area contributed by atoms with Crippen LogP contribution in [0.3, 0.4) is 0 Å². The summed E-state index contributed by atoms with van der Waals surface area (Å²) in [4.78, 5) is 9.40. The molecule has 7 nitrogen and oxygen atoms in total. The van der Waals surface area contributed by atoms with Gasteiger partial charge in [-0.2, -0.15) is 0 Å². The van der Waals surface area contributed by atoms with Gasteiger partial charge in [0.05, 0.1) is 35.9 Å². The number of nitrogens with zero attached hydrogens (tertiary/aromatic N) is 4. The van der Waals surface area contributed by atoms with E-state index in [2.05, 4.69) is 58.1 Å². The SMILES string of the molecule is CN1CN(c2cccc(Oc3cccc(N4CN(C)c5ccccc54)c3)c2)C2=C1S(=O)c1ccoc12. The summed E-state index contributed by atoms with van der Waals surface area (Å²) in [6.45, 7) is 1.38. The van der Waals surface area contributed by atoms with Crippen LogP contribution in [0.15, 0.2) is 99.5 Å². The fourth-order valence-corrected chi connectivity index (χ4v) is 6.61. The van der Waals surface area contributed by atoms with Crippen molar-refractivity contribution in [2.45, 2.75) is 4.90 Å². The minimum atomic E-state index is -1.23. The zero-order chi connectivity index (χ0) is 24.4. The molecule has 8 heteroatoms. The van der Waals surface area contributed by atoms with Crippen molar-refractivity contribution >= 4 is 39.2 Å². The van der Waals surface area contributed by atoms with Crippen LogP contribution in [0.25, 0.3) is 5.70 Å². The molecule has 1 aromatic heterocycles. The van der Waals surface area contributed by atoms with Gasteiger partial charge >= 0.3 is 0 Å². The summed E-state index contributed by atoms with van der Waals surface area (Å²) in [5.74, 6) is 2.19. The van der Waals surface area contributed by atoms with Gasteiger partial charge in [-0.3, -0.25) is 0 Å². The Hall–Kier alpha value is -4.17. The van der Waals surface area contributed by atoms with Crippen LogP contribution in [0.5, 0.6) is 11.5 Å². The Morgan fingerprint density at radius 1 is 0.778 bits per heavy atom. The number of fused-ring (bicyclic) bond motifs is 3. The van der Waals surface area contributed by atoms with Crippen LogP contribution < -0.4 is 19.4 Å². The Balaban J connectivity index is 1.18. The number of benzene rings is 3. The molecule has 0 radical (unpaired) electrons. The normalized spacial score (nSPS) is 18.1. The summed E-state index contributed by atoms with van der Waals surface area (Å²) in [5, 5.41) is 0.791. The fraction of sp³-hybridized carbons (Fsp3) is 0.143. The number of hydrogen-bond donors (Lipinski definition) is 0. The summed E-state index contributed by atoms with van der Waals surface area (Å²) in [6.07, 6.45) is 1.60. The Bertz CT molecular complexity index is 1560. The van der Waals surface area contributed by atoms with E-state index in [1.54, 1.807) is 12.3 Å². The molecular weight excluding hydrogens is 472 g/mol. The van der Waals surface area contributed by atoms with Crippen molar-refractivity contribution in [1.29, 1.82) is 0 Å². The summed E-state index contributed by atoms with van der Waals surface area (Å²) in [5.41, 5.74) is 5.31. The fourth-order valence-electron chi connectivity index (χ4n) is 5.19. The third-order valence-corrected chi connectivity index (χ3v) is 8.40. The molecule has 1 atom stereocenters. The van der Waals surface area contributed by atoms with E-state index in [1.165, 1.54) is 11.4 Å². The van der Waals surface area contributed by atoms with E-state index in [9.17, 15) is 4.21 Å². The van der Waals surface area contributed by atoms with Gasteiger partial charge in [-0.05, 0) is 42.5 Å². The van der Waals surface area contributed by atoms with E-state index in [4.69, 9.17) is 9.15 Å². The third kappa shape index (κ3) is 3.14. The molecule has 36 heavy (non-hydrogen) atoms. The number of ether oxygens (including phenoxy) is 1. The first-order valence-electron chi connectivity index (χ1n) is 11.8. The number of rotatable bonds is 4. The molecule has 4 aromatic rings.